The number of carboxylic acids is 1. The van der Waals surface area contributed by atoms with Crippen LogP contribution in [-0.2, 0) is 6.42 Å². The minimum absolute atomic E-state index is 0.113. The van der Waals surface area contributed by atoms with Crippen molar-refractivity contribution in [3.63, 3.8) is 0 Å². The predicted octanol–water partition coefficient (Wildman–Crippen LogP) is 2.24. The van der Waals surface area contributed by atoms with E-state index < -0.39 is 5.97 Å². The summed E-state index contributed by atoms with van der Waals surface area (Å²) >= 11 is 1.20. The molecule has 19 heavy (non-hydrogen) atoms. The van der Waals surface area contributed by atoms with Crippen molar-refractivity contribution in [1.82, 2.24) is 4.90 Å². The topological polar surface area (TPSA) is 88.1 Å². The molecule has 98 valence electrons. The van der Waals surface area contributed by atoms with Gasteiger partial charge in [0.05, 0.1) is 6.07 Å². The van der Waals surface area contributed by atoms with Crippen LogP contribution in [0.1, 0.15) is 21.7 Å². The van der Waals surface area contributed by atoms with Gasteiger partial charge >= 0.3 is 5.97 Å². The number of hydrogen-bond donors (Lipinski definition) is 1. The highest BCUT2D eigenvalue weighted by Crippen LogP contribution is 2.18. The molecule has 1 heterocycles. The van der Waals surface area contributed by atoms with E-state index in [9.17, 15) is 4.79 Å². The van der Waals surface area contributed by atoms with Crippen LogP contribution in [0.25, 0.3) is 0 Å². The number of allylic oxidation sites excluding steroid dienone is 1. The first kappa shape index (κ1) is 14.7. The number of nitriles is 2. The van der Waals surface area contributed by atoms with Gasteiger partial charge in [0.2, 0.25) is 0 Å². The molecular formula is C13H13N3O2S. The molecule has 0 saturated heterocycles. The van der Waals surface area contributed by atoms with Gasteiger partial charge in [0, 0.05) is 6.54 Å². The summed E-state index contributed by atoms with van der Waals surface area (Å²) in [6.45, 7) is 4.20. The third-order valence-corrected chi connectivity index (χ3v) is 3.53. The van der Waals surface area contributed by atoms with Gasteiger partial charge in [-0.05, 0) is 29.9 Å². The Balaban J connectivity index is 2.55. The largest absolute Gasteiger partial charge is 0.477 e. The fourth-order valence-corrected chi connectivity index (χ4v) is 2.44. The summed E-state index contributed by atoms with van der Waals surface area (Å²) in [5, 5.41) is 28.1. The van der Waals surface area contributed by atoms with Crippen molar-refractivity contribution in [3.05, 3.63) is 34.2 Å². The molecule has 0 bridgehead atoms. The highest BCUT2D eigenvalue weighted by Gasteiger charge is 2.12. The highest BCUT2D eigenvalue weighted by atomic mass is 32.1. The quantitative estimate of drug-likeness (QED) is 0.609. The summed E-state index contributed by atoms with van der Waals surface area (Å²) in [4.78, 5) is 12.9. The van der Waals surface area contributed by atoms with Gasteiger partial charge in [0.15, 0.2) is 0 Å². The Kier molecular flexibility index (Phi) is 5.59. The first-order valence-electron chi connectivity index (χ1n) is 5.60. The van der Waals surface area contributed by atoms with Gasteiger partial charge in [-0.1, -0.05) is 6.58 Å². The van der Waals surface area contributed by atoms with Gasteiger partial charge in [-0.15, -0.1) is 11.3 Å². The molecule has 0 aliphatic carbocycles. The Labute approximate surface area is 115 Å². The van der Waals surface area contributed by atoms with Crippen LogP contribution in [0.5, 0.6) is 0 Å². The zero-order chi connectivity index (χ0) is 14.3. The molecule has 0 aliphatic rings. The van der Waals surface area contributed by atoms with E-state index in [1.807, 2.05) is 12.1 Å². The van der Waals surface area contributed by atoms with Crippen molar-refractivity contribution in [2.24, 2.45) is 0 Å². The van der Waals surface area contributed by atoms with E-state index in [-0.39, 0.29) is 12.2 Å². The normalized spacial score (nSPS) is 9.37. The lowest BCUT2D eigenvalue weighted by molar-refractivity contribution is 0.0701. The van der Waals surface area contributed by atoms with E-state index in [1.165, 1.54) is 11.3 Å². The monoisotopic (exact) mass is 275 g/mol. The van der Waals surface area contributed by atoms with Crippen LogP contribution in [0.3, 0.4) is 0 Å². The van der Waals surface area contributed by atoms with Gasteiger partial charge in [0.25, 0.3) is 0 Å². The molecule has 0 saturated carbocycles. The molecule has 0 amide bonds. The minimum atomic E-state index is -0.916. The molecule has 5 nitrogen and oxygen atoms in total. The lowest BCUT2D eigenvalue weighted by Gasteiger charge is -2.19. The highest BCUT2D eigenvalue weighted by molar-refractivity contribution is 7.12. The second-order valence-corrected chi connectivity index (χ2v) is 4.74. The van der Waals surface area contributed by atoms with Crippen molar-refractivity contribution in [2.75, 3.05) is 13.1 Å². The van der Waals surface area contributed by atoms with Gasteiger partial charge in [-0.25, -0.2) is 4.79 Å². The number of carboxylic acid groups (broad SMARTS) is 1. The number of thiophene rings is 1. The molecule has 1 rings (SSSR count). The molecule has 0 spiro atoms. The van der Waals surface area contributed by atoms with E-state index in [2.05, 4.69) is 6.58 Å². The average Bonchev–Trinajstić information content (AvgIpc) is 2.85. The van der Waals surface area contributed by atoms with E-state index >= 15 is 0 Å². The number of rotatable bonds is 7. The zero-order valence-corrected chi connectivity index (χ0v) is 11.1. The van der Waals surface area contributed by atoms with Crippen LogP contribution in [-0.4, -0.2) is 29.1 Å². The molecule has 6 heteroatoms. The van der Waals surface area contributed by atoms with Crippen LogP contribution in [0.15, 0.2) is 23.7 Å². The molecular weight excluding hydrogens is 262 g/mol. The Hall–Kier alpha value is -2.31. The van der Waals surface area contributed by atoms with E-state index in [1.54, 1.807) is 16.3 Å². The van der Waals surface area contributed by atoms with Crippen LogP contribution >= 0.6 is 11.3 Å². The average molecular weight is 275 g/mol. The Bertz CT molecular complexity index is 551. The Morgan fingerprint density at radius 1 is 1.53 bits per heavy atom. The maximum Gasteiger partial charge on any atom is 0.346 e. The molecule has 0 aromatic carbocycles. The lowest BCUT2D eigenvalue weighted by Crippen LogP contribution is -2.23. The van der Waals surface area contributed by atoms with E-state index in [4.69, 9.17) is 15.6 Å². The van der Waals surface area contributed by atoms with Crippen molar-refractivity contribution in [1.29, 1.82) is 10.5 Å². The first-order valence-corrected chi connectivity index (χ1v) is 6.48. The fourth-order valence-electron chi connectivity index (χ4n) is 1.65. The fraction of sp³-hybridized carbons (Fsp3) is 0.308. The third-order valence-electron chi connectivity index (χ3n) is 2.59. The zero-order valence-electron chi connectivity index (χ0n) is 10.3. The van der Waals surface area contributed by atoms with Gasteiger partial charge in [-0.2, -0.15) is 10.5 Å². The number of aromatic carboxylic acids is 1. The van der Waals surface area contributed by atoms with E-state index in [0.29, 0.717) is 24.3 Å². The summed E-state index contributed by atoms with van der Waals surface area (Å²) in [6, 6.07) is 5.68. The van der Waals surface area contributed by atoms with Gasteiger partial charge < -0.3 is 10.0 Å². The smallest absolute Gasteiger partial charge is 0.346 e. The summed E-state index contributed by atoms with van der Waals surface area (Å²) in [6.07, 6.45) is 1.27. The third kappa shape index (κ3) is 4.13. The van der Waals surface area contributed by atoms with Crippen LogP contribution < -0.4 is 0 Å². The predicted molar refractivity (Wildman–Crippen MR) is 71.5 cm³/mol. The SMILES string of the molecule is C=C(C#N)N(CC#N)CCCc1ccsc1C(=O)O. The molecule has 0 unspecified atom stereocenters. The molecule has 1 N–H and O–H groups in total. The maximum atomic E-state index is 10.9. The standard InChI is InChI=1S/C13H13N3O2S/c1-10(9-15)16(7-5-14)6-2-3-11-4-8-19-12(11)13(17)18/h4,8H,1-3,6-7H2,(H,17,18). The molecule has 0 aliphatic heterocycles. The number of aryl methyl sites for hydroxylation is 1. The second kappa shape index (κ2) is 7.20. The minimum Gasteiger partial charge on any atom is -0.477 e. The van der Waals surface area contributed by atoms with E-state index in [0.717, 1.165) is 5.56 Å². The summed E-state index contributed by atoms with van der Waals surface area (Å²) in [7, 11) is 0. The van der Waals surface area contributed by atoms with Gasteiger partial charge in [0.1, 0.15) is 23.2 Å². The Morgan fingerprint density at radius 2 is 2.26 bits per heavy atom. The lowest BCUT2D eigenvalue weighted by atomic mass is 10.1. The number of hydrogen-bond acceptors (Lipinski definition) is 5. The molecule has 1 aromatic rings. The molecule has 0 atom stereocenters. The van der Waals surface area contributed by atoms with Crippen LogP contribution in [0, 0.1) is 22.7 Å². The Morgan fingerprint density at radius 3 is 2.84 bits per heavy atom. The number of carbonyl (C=O) groups is 1. The van der Waals surface area contributed by atoms with Crippen molar-refractivity contribution in [2.45, 2.75) is 12.8 Å². The summed E-state index contributed by atoms with van der Waals surface area (Å²) in [5.74, 6) is -0.916. The summed E-state index contributed by atoms with van der Waals surface area (Å²) < 4.78 is 0. The molecule has 0 radical (unpaired) electrons. The maximum absolute atomic E-state index is 10.9. The number of nitrogens with zero attached hydrogens (tertiary/aromatic N) is 3. The van der Waals surface area contributed by atoms with Crippen molar-refractivity contribution >= 4 is 17.3 Å². The second-order valence-electron chi connectivity index (χ2n) is 3.82. The first-order chi connectivity index (χ1) is 9.10. The van der Waals surface area contributed by atoms with Crippen molar-refractivity contribution < 1.29 is 9.90 Å². The van der Waals surface area contributed by atoms with Gasteiger partial charge in [-0.3, -0.25) is 0 Å². The van der Waals surface area contributed by atoms with Crippen LogP contribution in [0.2, 0.25) is 0 Å². The summed E-state index contributed by atoms with van der Waals surface area (Å²) in [5.41, 5.74) is 1.04. The van der Waals surface area contributed by atoms with Crippen molar-refractivity contribution in [3.8, 4) is 12.1 Å². The van der Waals surface area contributed by atoms with Crippen LogP contribution in [0.4, 0.5) is 0 Å². The molecule has 0 fully saturated rings. The molecule has 1 aromatic heterocycles.